The smallest absolute Gasteiger partial charge is 0.122 e. The number of benzene rings is 1. The van der Waals surface area contributed by atoms with Gasteiger partial charge in [-0.2, -0.15) is 0 Å². The molecule has 0 fully saturated rings. The van der Waals surface area contributed by atoms with Gasteiger partial charge in [0, 0.05) is 0 Å². The first-order chi connectivity index (χ1) is 5.61. The van der Waals surface area contributed by atoms with Gasteiger partial charge in [0.25, 0.3) is 0 Å². The molecular formula is C11H15O. The summed E-state index contributed by atoms with van der Waals surface area (Å²) in [7, 11) is 0. The molecule has 1 rings (SSSR count). The molecule has 1 aromatic rings. The van der Waals surface area contributed by atoms with Gasteiger partial charge in [-0.25, -0.2) is 0 Å². The summed E-state index contributed by atoms with van der Waals surface area (Å²) in [6, 6.07) is 5.93. The van der Waals surface area contributed by atoms with Gasteiger partial charge in [0.05, 0.1) is 6.10 Å². The fourth-order valence-corrected chi connectivity index (χ4v) is 1.04. The lowest BCUT2D eigenvalue weighted by Crippen LogP contribution is -2.06. The minimum absolute atomic E-state index is 0.227. The maximum atomic E-state index is 5.59. The average molecular weight is 163 g/mol. The highest BCUT2D eigenvalue weighted by molar-refractivity contribution is 5.40. The highest BCUT2D eigenvalue weighted by atomic mass is 16.5. The zero-order valence-corrected chi connectivity index (χ0v) is 7.92. The van der Waals surface area contributed by atoms with Crippen LogP contribution in [-0.4, -0.2) is 6.10 Å². The minimum Gasteiger partial charge on any atom is -0.491 e. The molecule has 65 valence electrons. The zero-order chi connectivity index (χ0) is 9.14. The van der Waals surface area contributed by atoms with Gasteiger partial charge in [0.2, 0.25) is 0 Å². The lowest BCUT2D eigenvalue weighted by atomic mass is 10.1. The molecule has 0 aliphatic rings. The maximum absolute atomic E-state index is 5.59. The van der Waals surface area contributed by atoms with Crippen molar-refractivity contribution in [2.45, 2.75) is 26.9 Å². The molecule has 0 saturated heterocycles. The molecule has 0 unspecified atom stereocenters. The first-order valence-corrected chi connectivity index (χ1v) is 4.19. The van der Waals surface area contributed by atoms with Crippen LogP contribution in [0.4, 0.5) is 0 Å². The maximum Gasteiger partial charge on any atom is 0.122 e. The number of ether oxygens (including phenoxy) is 1. The van der Waals surface area contributed by atoms with Crippen molar-refractivity contribution in [2.75, 3.05) is 0 Å². The molecule has 0 N–H and O–H groups in total. The van der Waals surface area contributed by atoms with Crippen molar-refractivity contribution < 1.29 is 4.74 Å². The van der Waals surface area contributed by atoms with E-state index >= 15 is 0 Å². The molecule has 0 atom stereocenters. The quantitative estimate of drug-likeness (QED) is 0.651. The Bertz CT molecular complexity index is 264. The third-order valence-electron chi connectivity index (χ3n) is 1.76. The molecule has 0 aliphatic carbocycles. The molecule has 1 radical (unpaired) electrons. The lowest BCUT2D eigenvalue weighted by molar-refractivity contribution is 0.240. The van der Waals surface area contributed by atoms with E-state index in [9.17, 15) is 0 Å². The molecule has 1 aromatic carbocycles. The Kier molecular flexibility index (Phi) is 2.74. The SMILES string of the molecule is [CH2]c1cccc(OC(C)C)c1C. The topological polar surface area (TPSA) is 9.23 Å². The Morgan fingerprint density at radius 1 is 1.33 bits per heavy atom. The van der Waals surface area contributed by atoms with E-state index in [4.69, 9.17) is 4.74 Å². The first kappa shape index (κ1) is 9.11. The van der Waals surface area contributed by atoms with Crippen LogP contribution in [0.2, 0.25) is 0 Å². The van der Waals surface area contributed by atoms with Crippen LogP contribution in [0, 0.1) is 13.8 Å². The molecular weight excluding hydrogens is 148 g/mol. The lowest BCUT2D eigenvalue weighted by Gasteiger charge is -2.13. The second-order valence-corrected chi connectivity index (χ2v) is 3.21. The van der Waals surface area contributed by atoms with Gasteiger partial charge < -0.3 is 4.74 Å². The van der Waals surface area contributed by atoms with Gasteiger partial charge in [-0.3, -0.25) is 0 Å². The molecule has 0 saturated carbocycles. The summed E-state index contributed by atoms with van der Waals surface area (Å²) in [4.78, 5) is 0. The van der Waals surface area contributed by atoms with Gasteiger partial charge in [-0.1, -0.05) is 12.1 Å². The van der Waals surface area contributed by atoms with E-state index in [-0.39, 0.29) is 6.10 Å². The minimum atomic E-state index is 0.227. The third kappa shape index (κ3) is 2.00. The van der Waals surface area contributed by atoms with Gasteiger partial charge in [0.15, 0.2) is 0 Å². The Hall–Kier alpha value is -0.980. The zero-order valence-electron chi connectivity index (χ0n) is 7.92. The van der Waals surface area contributed by atoms with Crippen molar-refractivity contribution in [3.63, 3.8) is 0 Å². The van der Waals surface area contributed by atoms with Crippen LogP contribution in [0.3, 0.4) is 0 Å². The fourth-order valence-electron chi connectivity index (χ4n) is 1.04. The van der Waals surface area contributed by atoms with E-state index in [2.05, 4.69) is 6.92 Å². The summed E-state index contributed by atoms with van der Waals surface area (Å²) in [5, 5.41) is 0. The van der Waals surface area contributed by atoms with Gasteiger partial charge in [-0.15, -0.1) is 0 Å². The summed E-state index contributed by atoms with van der Waals surface area (Å²) in [5.41, 5.74) is 2.17. The molecule has 1 nitrogen and oxygen atoms in total. The van der Waals surface area contributed by atoms with Crippen molar-refractivity contribution in [3.8, 4) is 5.75 Å². The van der Waals surface area contributed by atoms with Crippen LogP contribution >= 0.6 is 0 Å². The highest BCUT2D eigenvalue weighted by Gasteiger charge is 2.02. The summed E-state index contributed by atoms with van der Waals surface area (Å²) >= 11 is 0. The van der Waals surface area contributed by atoms with Crippen molar-refractivity contribution in [3.05, 3.63) is 36.2 Å². The van der Waals surface area contributed by atoms with E-state index in [1.807, 2.05) is 39.0 Å². The monoisotopic (exact) mass is 163 g/mol. The Morgan fingerprint density at radius 2 is 2.00 bits per heavy atom. The van der Waals surface area contributed by atoms with Crippen molar-refractivity contribution >= 4 is 0 Å². The predicted octanol–water partition coefficient (Wildman–Crippen LogP) is 2.96. The summed E-state index contributed by atoms with van der Waals surface area (Å²) in [6.07, 6.45) is 0.227. The second kappa shape index (κ2) is 3.61. The van der Waals surface area contributed by atoms with Crippen LogP contribution in [0.25, 0.3) is 0 Å². The fraction of sp³-hybridized carbons (Fsp3) is 0.364. The van der Waals surface area contributed by atoms with Crippen molar-refractivity contribution in [2.24, 2.45) is 0 Å². The molecule has 0 heterocycles. The van der Waals surface area contributed by atoms with Crippen LogP contribution in [0.15, 0.2) is 18.2 Å². The van der Waals surface area contributed by atoms with Crippen molar-refractivity contribution in [1.82, 2.24) is 0 Å². The van der Waals surface area contributed by atoms with E-state index in [0.29, 0.717) is 0 Å². The Labute approximate surface area is 74.4 Å². The van der Waals surface area contributed by atoms with Crippen LogP contribution in [0.5, 0.6) is 5.75 Å². The third-order valence-corrected chi connectivity index (χ3v) is 1.76. The Balaban J connectivity index is 2.92. The van der Waals surface area contributed by atoms with Gasteiger partial charge in [-0.05, 0) is 44.9 Å². The molecule has 0 spiro atoms. The molecule has 0 amide bonds. The highest BCUT2D eigenvalue weighted by Crippen LogP contribution is 2.21. The summed E-state index contributed by atoms with van der Waals surface area (Å²) in [5.74, 6) is 0.942. The van der Waals surface area contributed by atoms with E-state index in [1.165, 1.54) is 0 Å². The van der Waals surface area contributed by atoms with Crippen LogP contribution in [0.1, 0.15) is 25.0 Å². The van der Waals surface area contributed by atoms with E-state index in [0.717, 1.165) is 16.9 Å². The van der Waals surface area contributed by atoms with Crippen molar-refractivity contribution in [1.29, 1.82) is 0 Å². The van der Waals surface area contributed by atoms with Crippen LogP contribution in [-0.2, 0) is 0 Å². The average Bonchev–Trinajstić information content (AvgIpc) is 1.98. The predicted molar refractivity (Wildman–Crippen MR) is 51.4 cm³/mol. The molecule has 0 aromatic heterocycles. The first-order valence-electron chi connectivity index (χ1n) is 4.19. The number of hydrogen-bond acceptors (Lipinski definition) is 1. The second-order valence-electron chi connectivity index (χ2n) is 3.21. The largest absolute Gasteiger partial charge is 0.491 e. The van der Waals surface area contributed by atoms with E-state index in [1.54, 1.807) is 0 Å². The summed E-state index contributed by atoms with van der Waals surface area (Å²) in [6.45, 7) is 9.98. The van der Waals surface area contributed by atoms with E-state index < -0.39 is 0 Å². The standard InChI is InChI=1S/C11H15O/c1-8(2)12-11-7-5-6-9(3)10(11)4/h5-8H,3H2,1-2,4H3. The molecule has 0 bridgehead atoms. The van der Waals surface area contributed by atoms with Crippen LogP contribution < -0.4 is 4.74 Å². The Morgan fingerprint density at radius 3 is 2.58 bits per heavy atom. The molecule has 1 heteroatoms. The number of hydrogen-bond donors (Lipinski definition) is 0. The molecule has 0 aliphatic heterocycles. The van der Waals surface area contributed by atoms with Gasteiger partial charge in [0.1, 0.15) is 5.75 Å². The normalized spacial score (nSPS) is 10.4. The number of rotatable bonds is 2. The summed E-state index contributed by atoms with van der Waals surface area (Å²) < 4.78 is 5.59. The van der Waals surface area contributed by atoms with Gasteiger partial charge >= 0.3 is 0 Å². The molecule has 12 heavy (non-hydrogen) atoms.